The van der Waals surface area contributed by atoms with Gasteiger partial charge in [0.2, 0.25) is 0 Å². The van der Waals surface area contributed by atoms with E-state index in [2.05, 4.69) is 11.4 Å². The van der Waals surface area contributed by atoms with Gasteiger partial charge in [0.05, 0.1) is 39.3 Å². The molecule has 0 bridgehead atoms. The zero-order valence-corrected chi connectivity index (χ0v) is 25.3. The van der Waals surface area contributed by atoms with Crippen LogP contribution >= 0.6 is 7.82 Å². The molecule has 0 fully saturated rings. The molecule has 0 aliphatic heterocycles. The Hall–Kier alpha value is -0.0500. The van der Waals surface area contributed by atoms with Gasteiger partial charge in [-0.2, -0.15) is 0 Å². The summed E-state index contributed by atoms with van der Waals surface area (Å²) in [5, 5.41) is 0. The van der Waals surface area contributed by atoms with Crippen molar-refractivity contribution in [2.24, 2.45) is 0 Å². The van der Waals surface area contributed by atoms with Crippen LogP contribution in [-0.4, -0.2) is 76.4 Å². The second-order valence-electron chi connectivity index (χ2n) is 11.1. The fraction of sp³-hybridized carbons (Fsp3) is 1.00. The van der Waals surface area contributed by atoms with Crippen molar-refractivity contribution in [3.05, 3.63) is 0 Å². The molecular weight excluding hydrogens is 504 g/mol. The Kier molecular flexibility index (Phi) is 20.8. The van der Waals surface area contributed by atoms with E-state index in [0.717, 1.165) is 19.3 Å². The van der Waals surface area contributed by atoms with Crippen LogP contribution in [-0.2, 0) is 23.4 Å². The van der Waals surface area contributed by atoms with Gasteiger partial charge in [0.25, 0.3) is 0 Å². The Morgan fingerprint density at radius 3 is 1.61 bits per heavy atom. The normalized spacial score (nSPS) is 15.2. The third-order valence-electron chi connectivity index (χ3n) is 6.18. The van der Waals surface area contributed by atoms with E-state index in [0.29, 0.717) is 17.4 Å². The SMILES string of the molecule is CCCCCCCCCCCCCCCCCCS(=O)(=O)CC(F)COP(=O)(O)OCC[N+](C)(C)C. The van der Waals surface area contributed by atoms with E-state index in [4.69, 9.17) is 4.52 Å². The summed E-state index contributed by atoms with van der Waals surface area (Å²) >= 11 is 0. The highest BCUT2D eigenvalue weighted by molar-refractivity contribution is 7.91. The van der Waals surface area contributed by atoms with Gasteiger partial charge in [0.15, 0.2) is 9.84 Å². The number of nitrogens with zero attached hydrogens (tertiary/aromatic N) is 1. The van der Waals surface area contributed by atoms with Crippen LogP contribution in [0, 0.1) is 0 Å². The molecule has 0 aliphatic rings. The monoisotopic (exact) mass is 560 g/mol. The van der Waals surface area contributed by atoms with Crippen molar-refractivity contribution in [3.63, 3.8) is 0 Å². The summed E-state index contributed by atoms with van der Waals surface area (Å²) in [6.07, 6.45) is 17.5. The first-order chi connectivity index (χ1) is 16.9. The van der Waals surface area contributed by atoms with Gasteiger partial charge in [-0.05, 0) is 6.42 Å². The molecular formula is C26H56FNO6PS+. The van der Waals surface area contributed by atoms with Crippen LogP contribution in [0.25, 0.3) is 0 Å². The van der Waals surface area contributed by atoms with E-state index < -0.39 is 36.2 Å². The molecule has 1 N–H and O–H groups in total. The maximum absolute atomic E-state index is 14.1. The molecule has 2 atom stereocenters. The van der Waals surface area contributed by atoms with Gasteiger partial charge in [-0.3, -0.25) is 9.05 Å². The Labute approximate surface area is 221 Å². The summed E-state index contributed by atoms with van der Waals surface area (Å²) in [5.74, 6) is -0.771. The number of phosphoric ester groups is 1. The minimum Gasteiger partial charge on any atom is -0.329 e. The Bertz CT molecular complexity index is 672. The number of quaternary nitrogens is 1. The van der Waals surface area contributed by atoms with Crippen LogP contribution in [0.4, 0.5) is 4.39 Å². The van der Waals surface area contributed by atoms with Crippen molar-refractivity contribution < 1.29 is 35.8 Å². The molecule has 0 heterocycles. The average molecular weight is 561 g/mol. The first kappa shape index (κ1) is 35.9. The molecule has 10 heteroatoms. The molecule has 0 spiro atoms. The van der Waals surface area contributed by atoms with Gasteiger partial charge in [-0.1, -0.05) is 103 Å². The maximum atomic E-state index is 14.1. The Balaban J connectivity index is 3.69. The zero-order valence-electron chi connectivity index (χ0n) is 23.6. The van der Waals surface area contributed by atoms with Crippen molar-refractivity contribution in [1.29, 1.82) is 0 Å². The standard InChI is InChI=1S/C26H55FNO6PS/c1-5-6-7-8-9-10-11-12-13-14-15-16-17-18-19-20-23-36(31,32)25-26(27)24-34-35(29,30)33-22-21-28(2,3)4/h26H,5-25H2,1-4H3/p+1. The molecule has 36 heavy (non-hydrogen) atoms. The molecule has 0 rings (SSSR count). The Morgan fingerprint density at radius 1 is 0.778 bits per heavy atom. The molecule has 7 nitrogen and oxygen atoms in total. The average Bonchev–Trinajstić information content (AvgIpc) is 2.76. The lowest BCUT2D eigenvalue weighted by molar-refractivity contribution is -0.870. The van der Waals surface area contributed by atoms with E-state index in [1.165, 1.54) is 77.0 Å². The fourth-order valence-corrected chi connectivity index (χ4v) is 6.11. The van der Waals surface area contributed by atoms with Crippen LogP contribution in [0.1, 0.15) is 110 Å². The van der Waals surface area contributed by atoms with Crippen molar-refractivity contribution in [1.82, 2.24) is 0 Å². The highest BCUT2D eigenvalue weighted by Crippen LogP contribution is 2.43. The number of alkyl halides is 1. The minimum absolute atomic E-state index is 0.0220. The summed E-state index contributed by atoms with van der Waals surface area (Å²) in [4.78, 5) is 9.61. The molecule has 0 aromatic rings. The summed E-state index contributed by atoms with van der Waals surface area (Å²) in [5.41, 5.74) is 0. The third-order valence-corrected chi connectivity index (χ3v) is 8.94. The van der Waals surface area contributed by atoms with Gasteiger partial charge in [-0.15, -0.1) is 0 Å². The second kappa shape index (κ2) is 20.9. The molecule has 0 saturated carbocycles. The van der Waals surface area contributed by atoms with E-state index in [1.807, 2.05) is 21.1 Å². The van der Waals surface area contributed by atoms with Crippen molar-refractivity contribution in [3.8, 4) is 0 Å². The predicted molar refractivity (Wildman–Crippen MR) is 148 cm³/mol. The third kappa shape index (κ3) is 25.6. The largest absolute Gasteiger partial charge is 0.472 e. The second-order valence-corrected chi connectivity index (χ2v) is 14.8. The highest BCUT2D eigenvalue weighted by Gasteiger charge is 2.26. The van der Waals surface area contributed by atoms with E-state index in [9.17, 15) is 22.3 Å². The summed E-state index contributed by atoms with van der Waals surface area (Å²) in [6.45, 7) is 1.92. The molecule has 0 aliphatic carbocycles. The number of hydrogen-bond acceptors (Lipinski definition) is 5. The first-order valence-corrected chi connectivity index (χ1v) is 17.5. The molecule has 218 valence electrons. The molecule has 0 amide bonds. The van der Waals surface area contributed by atoms with Crippen LogP contribution in [0.2, 0.25) is 0 Å². The fourth-order valence-electron chi connectivity index (χ4n) is 3.92. The summed E-state index contributed by atoms with van der Waals surface area (Å²) in [7, 11) is -2.28. The quantitative estimate of drug-likeness (QED) is 0.0708. The lowest BCUT2D eigenvalue weighted by atomic mass is 10.0. The molecule has 0 saturated heterocycles. The molecule has 0 aromatic heterocycles. The molecule has 2 unspecified atom stereocenters. The van der Waals surface area contributed by atoms with Gasteiger partial charge < -0.3 is 9.38 Å². The summed E-state index contributed by atoms with van der Waals surface area (Å²) in [6, 6.07) is 0. The number of rotatable bonds is 26. The number of hydrogen-bond donors (Lipinski definition) is 1. The topological polar surface area (TPSA) is 89.9 Å². The highest BCUT2D eigenvalue weighted by atomic mass is 32.2. The van der Waals surface area contributed by atoms with Gasteiger partial charge >= 0.3 is 7.82 Å². The Morgan fingerprint density at radius 2 is 1.19 bits per heavy atom. The smallest absolute Gasteiger partial charge is 0.329 e. The predicted octanol–water partition coefficient (Wildman–Crippen LogP) is 6.84. The van der Waals surface area contributed by atoms with Crippen LogP contribution in [0.3, 0.4) is 0 Å². The lowest BCUT2D eigenvalue weighted by Gasteiger charge is -2.24. The number of phosphoric acid groups is 1. The van der Waals surface area contributed by atoms with E-state index in [-0.39, 0.29) is 12.4 Å². The minimum atomic E-state index is -4.40. The van der Waals surface area contributed by atoms with E-state index >= 15 is 0 Å². The lowest BCUT2D eigenvalue weighted by Crippen LogP contribution is -2.37. The van der Waals surface area contributed by atoms with Crippen molar-refractivity contribution in [2.75, 3.05) is 52.4 Å². The maximum Gasteiger partial charge on any atom is 0.472 e. The van der Waals surface area contributed by atoms with Gasteiger partial charge in [-0.25, -0.2) is 17.4 Å². The summed E-state index contributed by atoms with van der Waals surface area (Å²) < 4.78 is 60.1. The van der Waals surface area contributed by atoms with Crippen molar-refractivity contribution >= 4 is 17.7 Å². The number of unbranched alkanes of at least 4 members (excludes halogenated alkanes) is 15. The van der Waals surface area contributed by atoms with Gasteiger partial charge in [0, 0.05) is 0 Å². The van der Waals surface area contributed by atoms with E-state index in [1.54, 1.807) is 0 Å². The van der Waals surface area contributed by atoms with Crippen LogP contribution in [0.15, 0.2) is 0 Å². The molecule has 0 aromatic carbocycles. The first-order valence-electron chi connectivity index (χ1n) is 14.1. The number of likely N-dealkylation sites (N-methyl/N-ethyl adjacent to an activating group) is 1. The van der Waals surface area contributed by atoms with Gasteiger partial charge in [0.1, 0.15) is 19.3 Å². The van der Waals surface area contributed by atoms with Crippen LogP contribution < -0.4 is 0 Å². The number of halogens is 1. The van der Waals surface area contributed by atoms with Crippen LogP contribution in [0.5, 0.6) is 0 Å². The number of sulfone groups is 1. The van der Waals surface area contributed by atoms with Crippen molar-refractivity contribution in [2.45, 2.75) is 116 Å². The zero-order chi connectivity index (χ0) is 27.3. The molecule has 0 radical (unpaired) electrons.